The normalized spacial score (nSPS) is 12.1. The molecule has 0 fully saturated rings. The average molecular weight is 373 g/mol. The average Bonchev–Trinajstić information content (AvgIpc) is 3.29. The van der Waals surface area contributed by atoms with Crippen molar-refractivity contribution in [2.75, 3.05) is 0 Å². The number of carbonyl (C=O) groups excluding carboxylic acids is 1. The monoisotopic (exact) mass is 372 g/mol. The summed E-state index contributed by atoms with van der Waals surface area (Å²) in [5.41, 5.74) is 1.03. The first-order valence-electron chi connectivity index (χ1n) is 8.14. The van der Waals surface area contributed by atoms with Crippen molar-refractivity contribution in [2.24, 2.45) is 0 Å². The van der Waals surface area contributed by atoms with E-state index in [0.29, 0.717) is 6.54 Å². The Morgan fingerprint density at radius 3 is 2.72 bits per heavy atom. The predicted molar refractivity (Wildman–Crippen MR) is 103 cm³/mol. The highest BCUT2D eigenvalue weighted by Gasteiger charge is 2.20. The van der Waals surface area contributed by atoms with Gasteiger partial charge in [0.15, 0.2) is 11.0 Å². The van der Waals surface area contributed by atoms with E-state index in [4.69, 9.17) is 0 Å². The SMILES string of the molecule is CCn1c(S[C@H](C)C(=O)NCc2cccs2)nnc1-c1ccccc1. The van der Waals surface area contributed by atoms with Gasteiger partial charge in [-0.1, -0.05) is 48.2 Å². The second-order valence-electron chi connectivity index (χ2n) is 5.47. The van der Waals surface area contributed by atoms with Crippen LogP contribution in [0.3, 0.4) is 0 Å². The molecule has 0 bridgehead atoms. The van der Waals surface area contributed by atoms with Gasteiger partial charge in [0.25, 0.3) is 0 Å². The van der Waals surface area contributed by atoms with Crippen LogP contribution in [0.2, 0.25) is 0 Å². The van der Waals surface area contributed by atoms with E-state index in [1.165, 1.54) is 11.8 Å². The summed E-state index contributed by atoms with van der Waals surface area (Å²) in [5.74, 6) is 0.835. The molecular weight excluding hydrogens is 352 g/mol. The number of nitrogens with one attached hydrogen (secondary N) is 1. The Balaban J connectivity index is 1.67. The first-order valence-corrected chi connectivity index (χ1v) is 9.90. The smallest absolute Gasteiger partial charge is 0.233 e. The number of hydrogen-bond donors (Lipinski definition) is 1. The molecule has 25 heavy (non-hydrogen) atoms. The molecule has 0 saturated heterocycles. The first-order chi connectivity index (χ1) is 12.2. The van der Waals surface area contributed by atoms with Crippen LogP contribution < -0.4 is 5.32 Å². The van der Waals surface area contributed by atoms with Crippen LogP contribution >= 0.6 is 23.1 Å². The predicted octanol–water partition coefficient (Wildman–Crippen LogP) is 3.82. The Labute approximate surface area is 155 Å². The lowest BCUT2D eigenvalue weighted by Crippen LogP contribution is -2.30. The molecule has 0 radical (unpaired) electrons. The zero-order valence-corrected chi connectivity index (χ0v) is 15.8. The number of thioether (sulfide) groups is 1. The van der Waals surface area contributed by atoms with E-state index in [1.807, 2.05) is 59.3 Å². The van der Waals surface area contributed by atoms with Crippen molar-refractivity contribution < 1.29 is 4.79 Å². The fourth-order valence-electron chi connectivity index (χ4n) is 2.40. The number of nitrogens with zero attached hydrogens (tertiary/aromatic N) is 3. The van der Waals surface area contributed by atoms with Gasteiger partial charge >= 0.3 is 0 Å². The van der Waals surface area contributed by atoms with Crippen LogP contribution in [0.1, 0.15) is 18.7 Å². The topological polar surface area (TPSA) is 59.8 Å². The minimum absolute atomic E-state index is 0.00492. The summed E-state index contributed by atoms with van der Waals surface area (Å²) in [6, 6.07) is 14.0. The summed E-state index contributed by atoms with van der Waals surface area (Å²) in [6.45, 7) is 5.27. The minimum Gasteiger partial charge on any atom is -0.350 e. The van der Waals surface area contributed by atoms with Crippen LogP contribution in [0.5, 0.6) is 0 Å². The molecule has 2 aromatic heterocycles. The van der Waals surface area contributed by atoms with Crippen molar-refractivity contribution in [1.82, 2.24) is 20.1 Å². The molecule has 3 rings (SSSR count). The molecule has 2 heterocycles. The van der Waals surface area contributed by atoms with E-state index >= 15 is 0 Å². The molecule has 7 heteroatoms. The summed E-state index contributed by atoms with van der Waals surface area (Å²) < 4.78 is 2.04. The van der Waals surface area contributed by atoms with Gasteiger partial charge in [0, 0.05) is 17.0 Å². The number of carbonyl (C=O) groups is 1. The molecule has 0 spiro atoms. The standard InChI is InChI=1S/C18H20N4OS2/c1-3-22-16(14-8-5-4-6-9-14)20-21-18(22)25-13(2)17(23)19-12-15-10-7-11-24-15/h4-11,13H,3,12H2,1-2H3,(H,19,23)/t13-/m1/s1. The van der Waals surface area contributed by atoms with E-state index in [0.717, 1.165) is 28.0 Å². The van der Waals surface area contributed by atoms with Gasteiger partial charge in [-0.05, 0) is 25.3 Å². The summed E-state index contributed by atoms with van der Waals surface area (Å²) in [7, 11) is 0. The molecule has 3 aromatic rings. The number of amides is 1. The highest BCUT2D eigenvalue weighted by Crippen LogP contribution is 2.26. The maximum Gasteiger partial charge on any atom is 0.233 e. The molecular formula is C18H20N4OS2. The number of hydrogen-bond acceptors (Lipinski definition) is 5. The van der Waals surface area contributed by atoms with Crippen molar-refractivity contribution in [3.05, 3.63) is 52.7 Å². The quantitative estimate of drug-likeness (QED) is 0.641. The Morgan fingerprint density at radius 1 is 1.24 bits per heavy atom. The molecule has 1 N–H and O–H groups in total. The van der Waals surface area contributed by atoms with E-state index in [1.54, 1.807) is 11.3 Å². The highest BCUT2D eigenvalue weighted by atomic mass is 32.2. The Morgan fingerprint density at radius 2 is 2.04 bits per heavy atom. The fraction of sp³-hybridized carbons (Fsp3) is 0.278. The van der Waals surface area contributed by atoms with Gasteiger partial charge in [-0.15, -0.1) is 21.5 Å². The molecule has 130 valence electrons. The molecule has 0 aliphatic carbocycles. The minimum atomic E-state index is -0.238. The number of aromatic nitrogens is 3. The summed E-state index contributed by atoms with van der Waals surface area (Å²) in [5, 5.41) is 14.1. The third kappa shape index (κ3) is 4.29. The van der Waals surface area contributed by atoms with Crippen LogP contribution in [0.15, 0.2) is 53.0 Å². The highest BCUT2D eigenvalue weighted by molar-refractivity contribution is 8.00. The van der Waals surface area contributed by atoms with Gasteiger partial charge in [-0.2, -0.15) is 0 Å². The van der Waals surface area contributed by atoms with Crippen LogP contribution in [0.4, 0.5) is 0 Å². The van der Waals surface area contributed by atoms with E-state index in [2.05, 4.69) is 22.4 Å². The molecule has 0 aliphatic rings. The maximum absolute atomic E-state index is 12.3. The number of rotatable bonds is 7. The van der Waals surface area contributed by atoms with E-state index in [9.17, 15) is 4.79 Å². The second kappa shape index (κ2) is 8.31. The van der Waals surface area contributed by atoms with Crippen LogP contribution in [-0.4, -0.2) is 25.9 Å². The second-order valence-corrected chi connectivity index (χ2v) is 7.81. The van der Waals surface area contributed by atoms with Gasteiger partial charge in [0.05, 0.1) is 11.8 Å². The van der Waals surface area contributed by atoms with E-state index < -0.39 is 0 Å². The summed E-state index contributed by atoms with van der Waals surface area (Å²) in [6.07, 6.45) is 0. The van der Waals surface area contributed by atoms with Gasteiger partial charge in [0.2, 0.25) is 5.91 Å². The zero-order valence-electron chi connectivity index (χ0n) is 14.2. The number of thiophene rings is 1. The Hall–Kier alpha value is -2.12. The van der Waals surface area contributed by atoms with Crippen molar-refractivity contribution in [3.63, 3.8) is 0 Å². The van der Waals surface area contributed by atoms with Gasteiger partial charge in [-0.3, -0.25) is 4.79 Å². The molecule has 0 aliphatic heterocycles. The lowest BCUT2D eigenvalue weighted by atomic mass is 10.2. The Kier molecular flexibility index (Phi) is 5.88. The lowest BCUT2D eigenvalue weighted by Gasteiger charge is -2.12. The zero-order chi connectivity index (χ0) is 17.6. The fourth-order valence-corrected chi connectivity index (χ4v) is 3.99. The maximum atomic E-state index is 12.3. The molecule has 1 amide bonds. The molecule has 1 aromatic carbocycles. The van der Waals surface area contributed by atoms with Crippen LogP contribution in [0, 0.1) is 0 Å². The third-order valence-electron chi connectivity index (χ3n) is 3.73. The largest absolute Gasteiger partial charge is 0.350 e. The van der Waals surface area contributed by atoms with Crippen LogP contribution in [0.25, 0.3) is 11.4 Å². The summed E-state index contributed by atoms with van der Waals surface area (Å²) >= 11 is 3.08. The molecule has 0 saturated carbocycles. The molecule has 1 atom stereocenters. The molecule has 5 nitrogen and oxygen atoms in total. The number of benzene rings is 1. The van der Waals surface area contributed by atoms with E-state index in [-0.39, 0.29) is 11.2 Å². The third-order valence-corrected chi connectivity index (χ3v) is 5.69. The van der Waals surface area contributed by atoms with Crippen molar-refractivity contribution in [2.45, 2.75) is 37.3 Å². The van der Waals surface area contributed by atoms with Crippen molar-refractivity contribution in [1.29, 1.82) is 0 Å². The van der Waals surface area contributed by atoms with Gasteiger partial charge < -0.3 is 9.88 Å². The van der Waals surface area contributed by atoms with Crippen molar-refractivity contribution in [3.8, 4) is 11.4 Å². The van der Waals surface area contributed by atoms with Crippen molar-refractivity contribution >= 4 is 29.0 Å². The molecule has 0 unspecified atom stereocenters. The summed E-state index contributed by atoms with van der Waals surface area (Å²) in [4.78, 5) is 13.5. The first kappa shape index (κ1) is 17.7. The van der Waals surface area contributed by atoms with Gasteiger partial charge in [-0.25, -0.2) is 0 Å². The van der Waals surface area contributed by atoms with Crippen LogP contribution in [-0.2, 0) is 17.9 Å². The van der Waals surface area contributed by atoms with Gasteiger partial charge in [0.1, 0.15) is 0 Å². The lowest BCUT2D eigenvalue weighted by molar-refractivity contribution is -0.120. The Bertz CT molecular complexity index is 815.